The lowest BCUT2D eigenvalue weighted by Gasteiger charge is -2.39. The van der Waals surface area contributed by atoms with Gasteiger partial charge in [-0.05, 0) is 31.0 Å². The van der Waals surface area contributed by atoms with E-state index < -0.39 is 11.7 Å². The highest BCUT2D eigenvalue weighted by molar-refractivity contribution is 5.50. The number of alkyl halides is 3. The Labute approximate surface area is 173 Å². The number of nitrogens with zero attached hydrogens (tertiary/aromatic N) is 6. The van der Waals surface area contributed by atoms with Gasteiger partial charge in [0.1, 0.15) is 11.6 Å². The van der Waals surface area contributed by atoms with Crippen molar-refractivity contribution in [2.75, 3.05) is 61.1 Å². The average Bonchev–Trinajstić information content (AvgIpc) is 2.79. The number of aromatic nitrogens is 3. The topological polar surface area (TPSA) is 57.6 Å². The molecule has 4 heterocycles. The molecular weight excluding hydrogens is 397 g/mol. The van der Waals surface area contributed by atoms with Gasteiger partial charge >= 0.3 is 6.18 Å². The summed E-state index contributed by atoms with van der Waals surface area (Å²) in [5.74, 6) is 1.40. The number of hydrogen-bond donors (Lipinski definition) is 0. The van der Waals surface area contributed by atoms with Crippen molar-refractivity contribution in [3.8, 4) is 0 Å². The highest BCUT2D eigenvalue weighted by Gasteiger charge is 2.37. The second kappa shape index (κ2) is 8.63. The largest absolute Gasteiger partial charge is 0.419 e. The molecule has 0 saturated carbocycles. The van der Waals surface area contributed by atoms with Gasteiger partial charge in [-0.2, -0.15) is 18.2 Å². The van der Waals surface area contributed by atoms with Crippen LogP contribution in [0.3, 0.4) is 0 Å². The number of anilines is 3. The van der Waals surface area contributed by atoms with Crippen LogP contribution < -0.4 is 14.7 Å². The minimum atomic E-state index is -4.43. The van der Waals surface area contributed by atoms with E-state index in [0.29, 0.717) is 32.3 Å². The Morgan fingerprint density at radius 3 is 2.63 bits per heavy atom. The molecular formula is C20H25F3N6O. The third-order valence-corrected chi connectivity index (χ3v) is 5.61. The molecule has 7 nitrogen and oxygen atoms in total. The fraction of sp³-hybridized carbons (Fsp3) is 0.550. The van der Waals surface area contributed by atoms with Crippen molar-refractivity contribution >= 4 is 17.6 Å². The molecule has 0 radical (unpaired) electrons. The molecule has 0 aromatic carbocycles. The van der Waals surface area contributed by atoms with E-state index in [9.17, 15) is 13.2 Å². The van der Waals surface area contributed by atoms with Crippen LogP contribution in [0.1, 0.15) is 18.4 Å². The van der Waals surface area contributed by atoms with Crippen LogP contribution in [-0.2, 0) is 10.9 Å². The van der Waals surface area contributed by atoms with Crippen molar-refractivity contribution < 1.29 is 17.9 Å². The van der Waals surface area contributed by atoms with Gasteiger partial charge < -0.3 is 19.4 Å². The maximum atomic E-state index is 13.4. The molecule has 2 aromatic heterocycles. The van der Waals surface area contributed by atoms with Crippen molar-refractivity contribution in [2.24, 2.45) is 0 Å². The van der Waals surface area contributed by atoms with Gasteiger partial charge in [-0.3, -0.25) is 0 Å². The first-order chi connectivity index (χ1) is 14.4. The van der Waals surface area contributed by atoms with Crippen LogP contribution in [0.5, 0.6) is 0 Å². The number of pyridine rings is 1. The summed E-state index contributed by atoms with van der Waals surface area (Å²) in [4.78, 5) is 19.0. The Hall–Kier alpha value is -2.62. The number of halogens is 3. The van der Waals surface area contributed by atoms with Crippen LogP contribution in [0.25, 0.3) is 0 Å². The SMILES string of the molecule is CN(c1nccc(N2CCOCC2)n1)C1CCCN(c2ncccc2C(F)(F)F)C1. The van der Waals surface area contributed by atoms with E-state index in [1.54, 1.807) is 11.1 Å². The third-order valence-electron chi connectivity index (χ3n) is 5.61. The predicted molar refractivity (Wildman–Crippen MR) is 108 cm³/mol. The molecule has 30 heavy (non-hydrogen) atoms. The summed E-state index contributed by atoms with van der Waals surface area (Å²) in [7, 11) is 1.90. The molecule has 1 unspecified atom stereocenters. The molecule has 0 N–H and O–H groups in total. The molecule has 10 heteroatoms. The lowest BCUT2D eigenvalue weighted by Crippen LogP contribution is -2.48. The zero-order valence-electron chi connectivity index (χ0n) is 16.8. The maximum absolute atomic E-state index is 13.4. The molecule has 0 amide bonds. The number of morpholine rings is 1. The van der Waals surface area contributed by atoms with Gasteiger partial charge in [0.25, 0.3) is 0 Å². The summed E-state index contributed by atoms with van der Waals surface area (Å²) in [5.41, 5.74) is -0.695. The van der Waals surface area contributed by atoms with E-state index in [1.165, 1.54) is 12.3 Å². The van der Waals surface area contributed by atoms with Crippen LogP contribution in [0.15, 0.2) is 30.6 Å². The molecule has 162 valence electrons. The van der Waals surface area contributed by atoms with E-state index in [-0.39, 0.29) is 11.9 Å². The summed E-state index contributed by atoms with van der Waals surface area (Å²) in [6, 6.07) is 4.27. The second-order valence-electron chi connectivity index (χ2n) is 7.54. The second-order valence-corrected chi connectivity index (χ2v) is 7.54. The van der Waals surface area contributed by atoms with Crippen LogP contribution in [0, 0.1) is 0 Å². The van der Waals surface area contributed by atoms with E-state index >= 15 is 0 Å². The number of likely N-dealkylation sites (N-methyl/N-ethyl adjacent to an activating group) is 1. The Bertz CT molecular complexity index is 858. The molecule has 2 aromatic rings. The van der Waals surface area contributed by atoms with E-state index in [0.717, 1.165) is 37.8 Å². The Kier molecular flexibility index (Phi) is 5.94. The number of rotatable bonds is 4. The van der Waals surface area contributed by atoms with Crippen molar-refractivity contribution in [1.82, 2.24) is 15.0 Å². The quantitative estimate of drug-likeness (QED) is 0.751. The Morgan fingerprint density at radius 2 is 1.87 bits per heavy atom. The minimum absolute atomic E-state index is 0.00825. The fourth-order valence-corrected chi connectivity index (χ4v) is 3.97. The Balaban J connectivity index is 1.51. The van der Waals surface area contributed by atoms with E-state index in [2.05, 4.69) is 14.9 Å². The van der Waals surface area contributed by atoms with Crippen molar-refractivity contribution in [3.05, 3.63) is 36.2 Å². The van der Waals surface area contributed by atoms with Gasteiger partial charge in [0.15, 0.2) is 0 Å². The Morgan fingerprint density at radius 1 is 1.07 bits per heavy atom. The van der Waals surface area contributed by atoms with Crippen molar-refractivity contribution in [3.63, 3.8) is 0 Å². The van der Waals surface area contributed by atoms with Crippen molar-refractivity contribution in [1.29, 1.82) is 0 Å². The molecule has 2 saturated heterocycles. The van der Waals surface area contributed by atoms with Crippen molar-refractivity contribution in [2.45, 2.75) is 25.1 Å². The van der Waals surface area contributed by atoms with Gasteiger partial charge in [-0.15, -0.1) is 0 Å². The standard InChI is InChI=1S/C20H25F3N6O/c1-27(19-25-8-6-17(26-19)28-10-12-30-13-11-28)15-4-3-9-29(14-15)18-16(20(21,22)23)5-2-7-24-18/h2,5-8,15H,3-4,9-14H2,1H3. The van der Waals surface area contributed by atoms with E-state index in [4.69, 9.17) is 9.72 Å². The molecule has 4 rings (SSSR count). The molecule has 2 aliphatic rings. The third kappa shape index (κ3) is 4.43. The first kappa shape index (κ1) is 20.6. The fourth-order valence-electron chi connectivity index (χ4n) is 3.97. The van der Waals surface area contributed by atoms with Gasteiger partial charge in [0, 0.05) is 51.7 Å². The summed E-state index contributed by atoms with van der Waals surface area (Å²) >= 11 is 0. The zero-order chi connectivity index (χ0) is 21.1. The maximum Gasteiger partial charge on any atom is 0.419 e. The van der Waals surface area contributed by atoms with E-state index in [1.807, 2.05) is 18.0 Å². The van der Waals surface area contributed by atoms with Crippen LogP contribution in [0.4, 0.5) is 30.8 Å². The van der Waals surface area contributed by atoms with Crippen LogP contribution >= 0.6 is 0 Å². The molecule has 0 aliphatic carbocycles. The number of piperidine rings is 1. The minimum Gasteiger partial charge on any atom is -0.378 e. The number of ether oxygens (including phenoxy) is 1. The monoisotopic (exact) mass is 422 g/mol. The average molecular weight is 422 g/mol. The van der Waals surface area contributed by atoms with Gasteiger partial charge in [0.05, 0.1) is 18.8 Å². The molecule has 0 spiro atoms. The first-order valence-corrected chi connectivity index (χ1v) is 10.1. The summed E-state index contributed by atoms with van der Waals surface area (Å²) in [6.45, 7) is 3.85. The summed E-state index contributed by atoms with van der Waals surface area (Å²) in [6.07, 6.45) is 0.327. The molecule has 0 bridgehead atoms. The molecule has 2 aliphatic heterocycles. The van der Waals surface area contributed by atoms with Crippen LogP contribution in [0.2, 0.25) is 0 Å². The summed E-state index contributed by atoms with van der Waals surface area (Å²) in [5, 5.41) is 0. The zero-order valence-corrected chi connectivity index (χ0v) is 16.8. The first-order valence-electron chi connectivity index (χ1n) is 10.1. The highest BCUT2D eigenvalue weighted by atomic mass is 19.4. The van der Waals surface area contributed by atoms with Crippen LogP contribution in [-0.4, -0.2) is 67.4 Å². The molecule has 2 fully saturated rings. The van der Waals surface area contributed by atoms with Gasteiger partial charge in [-0.1, -0.05) is 0 Å². The predicted octanol–water partition coefficient (Wildman–Crippen LogP) is 2.83. The smallest absolute Gasteiger partial charge is 0.378 e. The van der Waals surface area contributed by atoms with Gasteiger partial charge in [0.2, 0.25) is 5.95 Å². The number of hydrogen-bond acceptors (Lipinski definition) is 7. The lowest BCUT2D eigenvalue weighted by atomic mass is 10.0. The highest BCUT2D eigenvalue weighted by Crippen LogP contribution is 2.36. The normalized spacial score (nSPS) is 20.3. The molecule has 1 atom stereocenters. The lowest BCUT2D eigenvalue weighted by molar-refractivity contribution is -0.137. The van der Waals surface area contributed by atoms with Gasteiger partial charge in [-0.25, -0.2) is 9.97 Å². The summed E-state index contributed by atoms with van der Waals surface area (Å²) < 4.78 is 45.7.